The van der Waals surface area contributed by atoms with Gasteiger partial charge in [0.1, 0.15) is 22.8 Å². The number of hydrogen-bond acceptors (Lipinski definition) is 3. The molecule has 1 heterocycles. The fourth-order valence-corrected chi connectivity index (χ4v) is 3.55. The van der Waals surface area contributed by atoms with Gasteiger partial charge in [0, 0.05) is 16.2 Å². The van der Waals surface area contributed by atoms with Crippen molar-refractivity contribution in [3.8, 4) is 22.8 Å². The Balaban J connectivity index is 2.00. The van der Waals surface area contributed by atoms with Gasteiger partial charge in [-0.1, -0.05) is 48.5 Å². The van der Waals surface area contributed by atoms with Crippen molar-refractivity contribution in [3.05, 3.63) is 72.8 Å². The third-order valence-corrected chi connectivity index (χ3v) is 4.68. The molecule has 0 aliphatic heterocycles. The van der Waals surface area contributed by atoms with Crippen LogP contribution < -0.4 is 0 Å². The normalized spacial score (nSPS) is 11.5. The van der Waals surface area contributed by atoms with E-state index in [1.165, 1.54) is 0 Å². The topological polar surface area (TPSA) is 53.6 Å². The van der Waals surface area contributed by atoms with E-state index in [2.05, 4.69) is 0 Å². The number of furan rings is 1. The molecule has 0 spiro atoms. The van der Waals surface area contributed by atoms with Crippen LogP contribution >= 0.6 is 0 Å². The van der Waals surface area contributed by atoms with Gasteiger partial charge in [-0.25, -0.2) is 0 Å². The van der Waals surface area contributed by atoms with Crippen LogP contribution in [-0.4, -0.2) is 10.2 Å². The van der Waals surface area contributed by atoms with Crippen LogP contribution in [-0.2, 0) is 0 Å². The molecule has 0 atom stereocenters. The first-order valence-electron chi connectivity index (χ1n) is 8.08. The molecule has 25 heavy (non-hydrogen) atoms. The number of fused-ring (bicyclic) bond motifs is 6. The van der Waals surface area contributed by atoms with Crippen molar-refractivity contribution in [2.45, 2.75) is 0 Å². The molecule has 0 bridgehead atoms. The van der Waals surface area contributed by atoms with E-state index >= 15 is 0 Å². The van der Waals surface area contributed by atoms with Crippen LogP contribution in [0.1, 0.15) is 0 Å². The van der Waals surface area contributed by atoms with Crippen LogP contribution in [0.5, 0.6) is 11.5 Å². The highest BCUT2D eigenvalue weighted by atomic mass is 16.3. The van der Waals surface area contributed by atoms with Crippen LogP contribution in [0, 0.1) is 0 Å². The van der Waals surface area contributed by atoms with Crippen LogP contribution in [0.15, 0.2) is 77.2 Å². The highest BCUT2D eigenvalue weighted by Crippen LogP contribution is 2.43. The quantitative estimate of drug-likeness (QED) is 0.382. The van der Waals surface area contributed by atoms with Gasteiger partial charge < -0.3 is 14.6 Å². The van der Waals surface area contributed by atoms with E-state index in [-0.39, 0.29) is 11.5 Å². The summed E-state index contributed by atoms with van der Waals surface area (Å²) in [6, 6.07) is 22.5. The number of para-hydroxylation sites is 1. The van der Waals surface area contributed by atoms with E-state index < -0.39 is 0 Å². The Morgan fingerprint density at radius 2 is 1.28 bits per heavy atom. The SMILES string of the molecule is Oc1ccccc1-c1cc2c3ccccc3c3c(O)cccc3c2o1. The summed E-state index contributed by atoms with van der Waals surface area (Å²) in [5.74, 6) is 1.02. The molecule has 0 fully saturated rings. The number of phenolic OH excluding ortho intramolecular Hbond substituents is 2. The van der Waals surface area contributed by atoms with Crippen LogP contribution in [0.25, 0.3) is 43.8 Å². The minimum Gasteiger partial charge on any atom is -0.507 e. The van der Waals surface area contributed by atoms with Gasteiger partial charge in [0.05, 0.1) is 5.56 Å². The fraction of sp³-hybridized carbons (Fsp3) is 0. The third kappa shape index (κ3) is 1.93. The van der Waals surface area contributed by atoms with Crippen molar-refractivity contribution < 1.29 is 14.6 Å². The molecule has 0 aliphatic carbocycles. The third-order valence-electron chi connectivity index (χ3n) is 4.68. The van der Waals surface area contributed by atoms with Crippen molar-refractivity contribution >= 4 is 32.5 Å². The number of phenols is 2. The second-order valence-corrected chi connectivity index (χ2v) is 6.12. The largest absolute Gasteiger partial charge is 0.507 e. The molecule has 0 unspecified atom stereocenters. The second kappa shape index (κ2) is 5.02. The lowest BCUT2D eigenvalue weighted by Gasteiger charge is -2.07. The standard InChI is InChI=1S/C22H14O3/c23-18-10-4-3-8-15(18)20-12-17-13-6-1-2-7-14(13)21-16(22(17)25-20)9-5-11-19(21)24/h1-12,23-24H. The molecule has 0 aliphatic rings. The first-order chi connectivity index (χ1) is 12.2. The van der Waals surface area contributed by atoms with Crippen LogP contribution in [0.2, 0.25) is 0 Å². The van der Waals surface area contributed by atoms with Crippen molar-refractivity contribution in [1.82, 2.24) is 0 Å². The fourth-order valence-electron chi connectivity index (χ4n) is 3.55. The predicted molar refractivity (Wildman–Crippen MR) is 100.0 cm³/mol. The Morgan fingerprint density at radius 1 is 0.600 bits per heavy atom. The monoisotopic (exact) mass is 326 g/mol. The van der Waals surface area contributed by atoms with Crippen molar-refractivity contribution in [2.75, 3.05) is 0 Å². The molecule has 3 nitrogen and oxygen atoms in total. The lowest BCUT2D eigenvalue weighted by molar-refractivity contribution is 0.474. The summed E-state index contributed by atoms with van der Waals surface area (Å²) in [5, 5.41) is 25.2. The second-order valence-electron chi connectivity index (χ2n) is 6.12. The molecule has 4 aromatic carbocycles. The Kier molecular flexibility index (Phi) is 2.80. The average Bonchev–Trinajstić information content (AvgIpc) is 3.08. The summed E-state index contributed by atoms with van der Waals surface area (Å²) in [6.07, 6.45) is 0. The molecule has 5 aromatic rings. The van der Waals surface area contributed by atoms with E-state index in [1.807, 2.05) is 54.6 Å². The summed E-state index contributed by atoms with van der Waals surface area (Å²) in [6.45, 7) is 0. The Hall–Kier alpha value is -3.46. The summed E-state index contributed by atoms with van der Waals surface area (Å²) in [7, 11) is 0. The summed E-state index contributed by atoms with van der Waals surface area (Å²) < 4.78 is 6.14. The predicted octanol–water partition coefficient (Wildman–Crippen LogP) is 5.82. The van der Waals surface area contributed by atoms with E-state index in [4.69, 9.17) is 4.42 Å². The van der Waals surface area contributed by atoms with Gasteiger partial charge in [0.15, 0.2) is 0 Å². The van der Waals surface area contributed by atoms with E-state index in [1.54, 1.807) is 18.2 Å². The van der Waals surface area contributed by atoms with Crippen molar-refractivity contribution in [2.24, 2.45) is 0 Å². The van der Waals surface area contributed by atoms with Gasteiger partial charge in [-0.05, 0) is 35.0 Å². The smallest absolute Gasteiger partial charge is 0.143 e. The molecule has 0 saturated carbocycles. The highest BCUT2D eigenvalue weighted by Gasteiger charge is 2.17. The molecule has 3 heteroatoms. The summed E-state index contributed by atoms with van der Waals surface area (Å²) >= 11 is 0. The summed E-state index contributed by atoms with van der Waals surface area (Å²) in [5.41, 5.74) is 1.36. The Morgan fingerprint density at radius 3 is 2.12 bits per heavy atom. The van der Waals surface area contributed by atoms with Gasteiger partial charge in [-0.15, -0.1) is 0 Å². The maximum Gasteiger partial charge on any atom is 0.143 e. The molecular formula is C22H14O3. The van der Waals surface area contributed by atoms with Gasteiger partial charge in [0.25, 0.3) is 0 Å². The molecule has 1 aromatic heterocycles. The minimum atomic E-state index is 0.179. The molecule has 120 valence electrons. The zero-order valence-electron chi connectivity index (χ0n) is 13.2. The molecular weight excluding hydrogens is 312 g/mol. The zero-order valence-corrected chi connectivity index (χ0v) is 13.2. The molecule has 0 amide bonds. The molecule has 0 saturated heterocycles. The van der Waals surface area contributed by atoms with Gasteiger partial charge in [0.2, 0.25) is 0 Å². The maximum absolute atomic E-state index is 10.4. The number of rotatable bonds is 1. The average molecular weight is 326 g/mol. The van der Waals surface area contributed by atoms with Crippen molar-refractivity contribution in [1.29, 1.82) is 0 Å². The lowest BCUT2D eigenvalue weighted by Crippen LogP contribution is -1.80. The van der Waals surface area contributed by atoms with Crippen LogP contribution in [0.3, 0.4) is 0 Å². The number of aromatic hydroxyl groups is 2. The maximum atomic E-state index is 10.4. The Labute approximate surface area is 143 Å². The minimum absolute atomic E-state index is 0.179. The highest BCUT2D eigenvalue weighted by molar-refractivity contribution is 6.25. The molecule has 5 rings (SSSR count). The lowest BCUT2D eigenvalue weighted by atomic mass is 9.97. The first-order valence-corrected chi connectivity index (χ1v) is 8.08. The number of benzene rings is 4. The van der Waals surface area contributed by atoms with Gasteiger partial charge in [-0.2, -0.15) is 0 Å². The van der Waals surface area contributed by atoms with Crippen LogP contribution in [0.4, 0.5) is 0 Å². The van der Waals surface area contributed by atoms with Gasteiger partial charge in [-0.3, -0.25) is 0 Å². The van der Waals surface area contributed by atoms with E-state index in [0.717, 1.165) is 26.9 Å². The first kappa shape index (κ1) is 13.9. The van der Waals surface area contributed by atoms with E-state index in [9.17, 15) is 10.2 Å². The summed E-state index contributed by atoms with van der Waals surface area (Å²) in [4.78, 5) is 0. The zero-order chi connectivity index (χ0) is 17.0. The molecule has 2 N–H and O–H groups in total. The van der Waals surface area contributed by atoms with E-state index in [0.29, 0.717) is 16.9 Å². The van der Waals surface area contributed by atoms with Crippen molar-refractivity contribution in [3.63, 3.8) is 0 Å². The molecule has 0 radical (unpaired) electrons. The number of hydrogen-bond donors (Lipinski definition) is 2. The van der Waals surface area contributed by atoms with Gasteiger partial charge >= 0.3 is 0 Å². The Bertz CT molecular complexity index is 1260.